The van der Waals surface area contributed by atoms with E-state index in [1.807, 2.05) is 0 Å². The topological polar surface area (TPSA) is 0 Å². The Balaban J connectivity index is 1.79. The Bertz CT molecular complexity index is 440. The summed E-state index contributed by atoms with van der Waals surface area (Å²) < 4.78 is 0. The summed E-state index contributed by atoms with van der Waals surface area (Å²) in [5.74, 6) is 1.57. The molecule has 17 heavy (non-hydrogen) atoms. The maximum atomic E-state index is 2.47. The molecule has 89 valence electrons. The summed E-state index contributed by atoms with van der Waals surface area (Å²) in [5.41, 5.74) is 6.21. The highest BCUT2D eigenvalue weighted by Crippen LogP contribution is 2.37. The normalized spacial score (nSPS) is 17.5. The van der Waals surface area contributed by atoms with E-state index in [-0.39, 0.29) is 0 Å². The number of unbranched alkanes of at least 4 members (excludes halogenated alkanes) is 2. The second kappa shape index (κ2) is 4.68. The van der Waals surface area contributed by atoms with Crippen LogP contribution >= 0.6 is 0 Å². The Labute approximate surface area is 105 Å². The maximum absolute atomic E-state index is 2.47. The van der Waals surface area contributed by atoms with Gasteiger partial charge in [-0.05, 0) is 47.9 Å². The van der Waals surface area contributed by atoms with Gasteiger partial charge in [0.25, 0.3) is 0 Å². The van der Waals surface area contributed by atoms with Gasteiger partial charge >= 0.3 is 0 Å². The molecule has 2 aliphatic carbocycles. The molecule has 3 rings (SSSR count). The summed E-state index contributed by atoms with van der Waals surface area (Å²) in [6, 6.07) is 4.90. The van der Waals surface area contributed by atoms with Crippen LogP contribution in [0.3, 0.4) is 0 Å². The quantitative estimate of drug-likeness (QED) is 0.651. The summed E-state index contributed by atoms with van der Waals surface area (Å²) >= 11 is 0. The standard InChI is InChI=1S/C17H21/c1-2-3-4-6-13-9-10-16-11-14-7-5-8-15(14)12-17(13)16/h9-12H,2-8H2,1H3. The third-order valence-electron chi connectivity index (χ3n) is 4.12. The van der Waals surface area contributed by atoms with E-state index in [9.17, 15) is 0 Å². The van der Waals surface area contributed by atoms with Gasteiger partial charge in [-0.2, -0.15) is 0 Å². The Morgan fingerprint density at radius 1 is 1.00 bits per heavy atom. The van der Waals surface area contributed by atoms with Crippen molar-refractivity contribution in [3.05, 3.63) is 46.4 Å². The van der Waals surface area contributed by atoms with Gasteiger partial charge in [0.05, 0.1) is 0 Å². The van der Waals surface area contributed by atoms with Crippen molar-refractivity contribution in [2.75, 3.05) is 0 Å². The molecule has 0 aliphatic heterocycles. The van der Waals surface area contributed by atoms with Gasteiger partial charge in [0.15, 0.2) is 0 Å². The first-order chi connectivity index (χ1) is 8.38. The fourth-order valence-corrected chi connectivity index (χ4v) is 3.12. The molecule has 0 heterocycles. The zero-order valence-corrected chi connectivity index (χ0v) is 10.8. The molecule has 0 bridgehead atoms. The number of hydrogen-bond acceptors (Lipinski definition) is 0. The predicted octanol–water partition coefficient (Wildman–Crippen LogP) is 4.70. The molecule has 0 nitrogen and oxygen atoms in total. The third kappa shape index (κ3) is 2.06. The van der Waals surface area contributed by atoms with Crippen LogP contribution in [0, 0.1) is 5.92 Å². The van der Waals surface area contributed by atoms with Crippen molar-refractivity contribution in [2.24, 2.45) is 0 Å². The summed E-state index contributed by atoms with van der Waals surface area (Å²) in [6.07, 6.45) is 13.9. The van der Waals surface area contributed by atoms with Crippen molar-refractivity contribution in [1.82, 2.24) is 0 Å². The van der Waals surface area contributed by atoms with E-state index in [0.717, 1.165) is 0 Å². The van der Waals surface area contributed by atoms with Crippen LogP contribution in [0.15, 0.2) is 18.2 Å². The molecule has 0 aromatic heterocycles. The van der Waals surface area contributed by atoms with E-state index in [2.05, 4.69) is 31.2 Å². The summed E-state index contributed by atoms with van der Waals surface area (Å²) in [4.78, 5) is 0. The summed E-state index contributed by atoms with van der Waals surface area (Å²) in [6.45, 7) is 2.27. The van der Waals surface area contributed by atoms with E-state index in [0.29, 0.717) is 0 Å². The van der Waals surface area contributed by atoms with Crippen LogP contribution in [0.2, 0.25) is 0 Å². The van der Waals surface area contributed by atoms with E-state index in [1.54, 1.807) is 17.0 Å². The van der Waals surface area contributed by atoms with Crippen molar-refractivity contribution in [3.63, 3.8) is 0 Å². The molecule has 0 amide bonds. The van der Waals surface area contributed by atoms with Gasteiger partial charge in [-0.25, -0.2) is 0 Å². The Kier molecular flexibility index (Phi) is 3.05. The molecule has 1 radical (unpaired) electrons. The number of fused-ring (bicyclic) bond motifs is 2. The minimum absolute atomic E-state index is 1.26. The van der Waals surface area contributed by atoms with Gasteiger partial charge in [0.1, 0.15) is 0 Å². The Morgan fingerprint density at radius 2 is 1.82 bits per heavy atom. The van der Waals surface area contributed by atoms with E-state index >= 15 is 0 Å². The molecule has 0 unspecified atom stereocenters. The lowest BCUT2D eigenvalue weighted by atomic mass is 9.92. The molecule has 0 fully saturated rings. The van der Waals surface area contributed by atoms with Crippen LogP contribution in [0.1, 0.15) is 61.3 Å². The number of aryl methyl sites for hydroxylation is 2. The second-order valence-electron chi connectivity index (χ2n) is 5.38. The molecule has 0 saturated carbocycles. The molecule has 0 saturated heterocycles. The minimum atomic E-state index is 1.26. The highest BCUT2D eigenvalue weighted by molar-refractivity contribution is 5.70. The molecule has 0 spiro atoms. The highest BCUT2D eigenvalue weighted by atomic mass is 14.3. The van der Waals surface area contributed by atoms with Gasteiger partial charge in [-0.3, -0.25) is 0 Å². The molecule has 1 aromatic rings. The Hall–Kier alpha value is -1.04. The van der Waals surface area contributed by atoms with E-state index in [4.69, 9.17) is 0 Å². The van der Waals surface area contributed by atoms with Crippen LogP contribution in [0.25, 0.3) is 6.08 Å². The van der Waals surface area contributed by atoms with Crippen LogP contribution < -0.4 is 0 Å². The van der Waals surface area contributed by atoms with Gasteiger partial charge < -0.3 is 0 Å². The SMILES string of the molecule is CCCCC[C]1C=Cc2cc3c(cc21)CCC3. The lowest BCUT2D eigenvalue weighted by Gasteiger charge is -2.12. The van der Waals surface area contributed by atoms with Gasteiger partial charge in [-0.15, -0.1) is 0 Å². The summed E-state index contributed by atoms with van der Waals surface area (Å²) in [5, 5.41) is 0. The van der Waals surface area contributed by atoms with Crippen molar-refractivity contribution in [1.29, 1.82) is 0 Å². The van der Waals surface area contributed by atoms with Gasteiger partial charge in [0.2, 0.25) is 0 Å². The number of allylic oxidation sites excluding steroid dienone is 1. The first kappa shape index (κ1) is 11.1. The predicted molar refractivity (Wildman–Crippen MR) is 74.0 cm³/mol. The average Bonchev–Trinajstić information content (AvgIpc) is 2.93. The third-order valence-corrected chi connectivity index (χ3v) is 4.12. The van der Waals surface area contributed by atoms with Crippen molar-refractivity contribution >= 4 is 6.08 Å². The van der Waals surface area contributed by atoms with Gasteiger partial charge in [-0.1, -0.05) is 50.5 Å². The van der Waals surface area contributed by atoms with Crippen LogP contribution in [0.5, 0.6) is 0 Å². The fourth-order valence-electron chi connectivity index (χ4n) is 3.12. The van der Waals surface area contributed by atoms with E-state index < -0.39 is 0 Å². The van der Waals surface area contributed by atoms with Gasteiger partial charge in [0, 0.05) is 5.92 Å². The minimum Gasteiger partial charge on any atom is -0.0721 e. The smallest absolute Gasteiger partial charge is 0.0273 e. The second-order valence-corrected chi connectivity index (χ2v) is 5.38. The lowest BCUT2D eigenvalue weighted by molar-refractivity contribution is 0.698. The van der Waals surface area contributed by atoms with Crippen LogP contribution in [0.4, 0.5) is 0 Å². The number of hydrogen-bond donors (Lipinski definition) is 0. The zero-order chi connectivity index (χ0) is 11.7. The Morgan fingerprint density at radius 3 is 2.65 bits per heavy atom. The van der Waals surface area contributed by atoms with Crippen molar-refractivity contribution in [3.8, 4) is 0 Å². The fraction of sp³-hybridized carbons (Fsp3) is 0.471. The van der Waals surface area contributed by atoms with Crippen LogP contribution in [-0.2, 0) is 12.8 Å². The number of benzene rings is 1. The molecular weight excluding hydrogens is 204 g/mol. The number of rotatable bonds is 4. The van der Waals surface area contributed by atoms with E-state index in [1.165, 1.54) is 56.1 Å². The molecule has 2 aliphatic rings. The lowest BCUT2D eigenvalue weighted by Crippen LogP contribution is -1.97. The first-order valence-electron chi connectivity index (χ1n) is 7.08. The highest BCUT2D eigenvalue weighted by Gasteiger charge is 2.21. The van der Waals surface area contributed by atoms with Crippen molar-refractivity contribution in [2.45, 2.75) is 51.9 Å². The largest absolute Gasteiger partial charge is 0.0721 e. The molecular formula is C17H21. The molecule has 1 aromatic carbocycles. The van der Waals surface area contributed by atoms with Crippen molar-refractivity contribution < 1.29 is 0 Å². The maximum Gasteiger partial charge on any atom is 0.0273 e. The zero-order valence-electron chi connectivity index (χ0n) is 10.8. The monoisotopic (exact) mass is 225 g/mol. The molecule has 0 atom stereocenters. The summed E-state index contributed by atoms with van der Waals surface area (Å²) in [7, 11) is 0. The molecule has 0 heteroatoms. The first-order valence-corrected chi connectivity index (χ1v) is 7.08. The molecule has 0 N–H and O–H groups in total. The average molecular weight is 225 g/mol. The van der Waals surface area contributed by atoms with Crippen LogP contribution in [-0.4, -0.2) is 0 Å².